The van der Waals surface area contributed by atoms with Crippen LogP contribution in [0.25, 0.3) is 16.8 Å². The Bertz CT molecular complexity index is 1530. The summed E-state index contributed by atoms with van der Waals surface area (Å²) in [6.07, 6.45) is 6.43. The third-order valence-corrected chi connectivity index (χ3v) is 8.74. The topological polar surface area (TPSA) is 120 Å². The summed E-state index contributed by atoms with van der Waals surface area (Å²) in [5.41, 5.74) is 7.19. The lowest BCUT2D eigenvalue weighted by atomic mass is 9.68. The number of rotatable bonds is 6. The fourth-order valence-electron chi connectivity index (χ4n) is 5.78. The zero-order chi connectivity index (χ0) is 28.2. The van der Waals surface area contributed by atoms with Crippen LogP contribution in [0.5, 0.6) is 0 Å². The molecule has 4 N–H and O–H groups in total. The van der Waals surface area contributed by atoms with Crippen LogP contribution in [0.4, 0.5) is 20.4 Å². The van der Waals surface area contributed by atoms with E-state index in [1.165, 1.54) is 23.8 Å². The molecule has 0 spiro atoms. The van der Waals surface area contributed by atoms with Crippen LogP contribution < -0.4 is 11.1 Å². The maximum atomic E-state index is 15.3. The van der Waals surface area contributed by atoms with Crippen LogP contribution in [0.2, 0.25) is 0 Å². The van der Waals surface area contributed by atoms with E-state index in [-0.39, 0.29) is 42.3 Å². The van der Waals surface area contributed by atoms with Crippen LogP contribution in [-0.2, 0) is 15.1 Å². The van der Waals surface area contributed by atoms with Crippen LogP contribution in [0.15, 0.2) is 48.9 Å². The molecule has 4 atom stereocenters. The summed E-state index contributed by atoms with van der Waals surface area (Å²) in [4.78, 5) is 8.75. The van der Waals surface area contributed by atoms with Gasteiger partial charge >= 0.3 is 0 Å². The Morgan fingerprint density at radius 3 is 2.55 bits per heavy atom. The predicted octanol–water partition coefficient (Wildman–Crippen LogP) is 4.28. The second-order valence-corrected chi connectivity index (χ2v) is 11.1. The van der Waals surface area contributed by atoms with Crippen molar-refractivity contribution in [2.24, 2.45) is 11.7 Å². The van der Waals surface area contributed by atoms with E-state index in [1.807, 2.05) is 13.0 Å². The van der Waals surface area contributed by atoms with E-state index in [2.05, 4.69) is 20.4 Å². The first-order chi connectivity index (χ1) is 19.1. The minimum Gasteiger partial charge on any atom is -0.388 e. The van der Waals surface area contributed by atoms with Gasteiger partial charge in [0.15, 0.2) is 0 Å². The van der Waals surface area contributed by atoms with Gasteiger partial charge in [-0.2, -0.15) is 9.61 Å². The molecule has 4 aromatic rings. The molecule has 1 saturated heterocycles. The van der Waals surface area contributed by atoms with Gasteiger partial charge in [-0.15, -0.1) is 0 Å². The number of nitrogens with one attached hydrogen (secondary N) is 1. The van der Waals surface area contributed by atoms with E-state index in [9.17, 15) is 5.11 Å². The van der Waals surface area contributed by atoms with Crippen LogP contribution in [-0.4, -0.2) is 56.7 Å². The summed E-state index contributed by atoms with van der Waals surface area (Å²) in [5.74, 6) is -1.01. The molecule has 210 valence electrons. The van der Waals surface area contributed by atoms with E-state index in [0.29, 0.717) is 23.4 Å². The van der Waals surface area contributed by atoms with Crippen LogP contribution in [0, 0.1) is 17.6 Å². The van der Waals surface area contributed by atoms with Crippen LogP contribution >= 0.6 is 0 Å². The summed E-state index contributed by atoms with van der Waals surface area (Å²) in [7, 11) is 1.50. The molecule has 2 fully saturated rings. The molecule has 1 saturated carbocycles. The van der Waals surface area contributed by atoms with Gasteiger partial charge in [-0.3, -0.25) is 4.98 Å². The number of pyridine rings is 1. The van der Waals surface area contributed by atoms with Crippen molar-refractivity contribution in [1.29, 1.82) is 0 Å². The number of imidazole rings is 1. The highest BCUT2D eigenvalue weighted by molar-refractivity contribution is 5.66. The summed E-state index contributed by atoms with van der Waals surface area (Å²) in [6, 6.07) is 7.39. The molecule has 0 bridgehead atoms. The van der Waals surface area contributed by atoms with Crippen molar-refractivity contribution in [3.8, 4) is 11.3 Å². The predicted molar refractivity (Wildman–Crippen MR) is 145 cm³/mol. The number of nitrogens with zero attached hydrogens (tertiary/aromatic N) is 4. The molecule has 0 amide bonds. The number of anilines is 2. The Morgan fingerprint density at radius 2 is 1.90 bits per heavy atom. The van der Waals surface area contributed by atoms with Gasteiger partial charge in [0, 0.05) is 19.3 Å². The molecule has 11 heteroatoms. The molecule has 4 heterocycles. The van der Waals surface area contributed by atoms with E-state index in [4.69, 9.17) is 15.2 Å². The molecule has 9 nitrogen and oxygen atoms in total. The van der Waals surface area contributed by atoms with E-state index in [1.54, 1.807) is 37.6 Å². The largest absolute Gasteiger partial charge is 0.388 e. The number of benzene rings is 1. The second-order valence-electron chi connectivity index (χ2n) is 11.1. The first-order valence-electron chi connectivity index (χ1n) is 13.3. The molecular formula is C29H32F2N6O3. The molecule has 4 unspecified atom stereocenters. The van der Waals surface area contributed by atoms with Crippen molar-refractivity contribution >= 4 is 17.2 Å². The molecular weight excluding hydrogens is 518 g/mol. The maximum Gasteiger partial charge on any atom is 0.229 e. The van der Waals surface area contributed by atoms with Gasteiger partial charge in [-0.25, -0.2) is 13.8 Å². The van der Waals surface area contributed by atoms with E-state index >= 15 is 8.78 Å². The SMILES string of the molecule is COC1(c2cc(F)c(-c3ccc4cnc(Nc5cnccc5C5CC(C)C(C)(O)C(N)C5)n4n3)c(F)c2)COC1. The lowest BCUT2D eigenvalue weighted by molar-refractivity contribution is -0.202. The number of aliphatic hydroxyl groups is 1. The minimum absolute atomic E-state index is 0.00510. The molecule has 3 aromatic heterocycles. The Morgan fingerprint density at radius 1 is 1.15 bits per heavy atom. The zero-order valence-electron chi connectivity index (χ0n) is 22.6. The van der Waals surface area contributed by atoms with E-state index < -0.39 is 22.8 Å². The lowest BCUT2D eigenvalue weighted by Crippen LogP contribution is -2.54. The van der Waals surface area contributed by atoms with Crippen molar-refractivity contribution < 1.29 is 23.4 Å². The summed E-state index contributed by atoms with van der Waals surface area (Å²) < 4.78 is 42.9. The van der Waals surface area contributed by atoms with Gasteiger partial charge in [0.2, 0.25) is 5.95 Å². The third kappa shape index (κ3) is 4.33. The molecule has 40 heavy (non-hydrogen) atoms. The summed E-state index contributed by atoms with van der Waals surface area (Å²) in [5, 5.41) is 18.6. The number of fused-ring (bicyclic) bond motifs is 1. The number of aromatic nitrogens is 4. The Kier molecular flexibility index (Phi) is 6.57. The van der Waals surface area contributed by atoms with Gasteiger partial charge in [-0.1, -0.05) is 6.92 Å². The van der Waals surface area contributed by atoms with Crippen molar-refractivity contribution in [3.05, 3.63) is 71.7 Å². The monoisotopic (exact) mass is 550 g/mol. The molecule has 2 aliphatic rings. The smallest absolute Gasteiger partial charge is 0.229 e. The first kappa shape index (κ1) is 26.7. The fourth-order valence-corrected chi connectivity index (χ4v) is 5.78. The minimum atomic E-state index is -0.935. The number of hydrogen-bond acceptors (Lipinski definition) is 8. The van der Waals surface area contributed by atoms with Gasteiger partial charge in [0.05, 0.1) is 53.7 Å². The highest BCUT2D eigenvalue weighted by Crippen LogP contribution is 2.43. The molecule has 6 rings (SSSR count). The molecule has 1 aliphatic heterocycles. The van der Waals surface area contributed by atoms with Gasteiger partial charge in [0.25, 0.3) is 0 Å². The number of methoxy groups -OCH3 is 1. The van der Waals surface area contributed by atoms with Gasteiger partial charge in [0.1, 0.15) is 17.2 Å². The van der Waals surface area contributed by atoms with Gasteiger partial charge in [-0.05, 0) is 73.1 Å². The molecule has 1 aromatic carbocycles. The van der Waals surface area contributed by atoms with Gasteiger partial charge < -0.3 is 25.6 Å². The highest BCUT2D eigenvalue weighted by atomic mass is 19.1. The maximum absolute atomic E-state index is 15.3. The van der Waals surface area contributed by atoms with Crippen molar-refractivity contribution in [3.63, 3.8) is 0 Å². The second kappa shape index (κ2) is 9.84. The van der Waals surface area contributed by atoms with Crippen molar-refractivity contribution in [2.45, 2.75) is 49.9 Å². The molecule has 0 radical (unpaired) electrons. The lowest BCUT2D eigenvalue weighted by Gasteiger charge is -2.44. The molecule has 1 aliphatic carbocycles. The Labute approximate surface area is 230 Å². The summed E-state index contributed by atoms with van der Waals surface area (Å²) >= 11 is 0. The number of nitrogens with two attached hydrogens (primary N) is 1. The fraction of sp³-hybridized carbons (Fsp3) is 0.414. The quantitative estimate of drug-likeness (QED) is 0.326. The average molecular weight is 551 g/mol. The Balaban J connectivity index is 1.33. The standard InChI is InChI=1S/C29H32F2N6O3/c1-16-8-17(9-25(32)28(16,2)38)20-6-7-33-13-24(20)35-27-34-12-19-4-5-23(36-37(19)27)26-21(30)10-18(11-22(26)31)29(39-3)14-40-15-29/h4-7,10-13,16-17,25,38H,8-9,14-15,32H2,1-3H3,(H,34,35). The number of ether oxygens (including phenoxy) is 2. The number of hydrogen-bond donors (Lipinski definition) is 3. The highest BCUT2D eigenvalue weighted by Gasteiger charge is 2.43. The Hall–Kier alpha value is -3.51. The van der Waals surface area contributed by atoms with Crippen LogP contribution in [0.1, 0.15) is 43.7 Å². The van der Waals surface area contributed by atoms with Crippen LogP contribution in [0.3, 0.4) is 0 Å². The third-order valence-electron chi connectivity index (χ3n) is 8.74. The van der Waals surface area contributed by atoms with E-state index in [0.717, 1.165) is 17.7 Å². The van der Waals surface area contributed by atoms with Crippen molar-refractivity contribution in [1.82, 2.24) is 19.6 Å². The summed E-state index contributed by atoms with van der Waals surface area (Å²) in [6.45, 7) is 4.27. The van der Waals surface area contributed by atoms with Crippen molar-refractivity contribution in [2.75, 3.05) is 25.6 Å². The normalized spacial score (nSPS) is 26.0. The number of halogens is 2. The first-order valence-corrected chi connectivity index (χ1v) is 13.3. The average Bonchev–Trinajstić information content (AvgIpc) is 3.29. The zero-order valence-corrected chi connectivity index (χ0v) is 22.6.